The maximum Gasteiger partial charge on any atom is 0.243 e. The van der Waals surface area contributed by atoms with Crippen LogP contribution in [-0.4, -0.2) is 25.1 Å². The molecule has 0 bridgehead atoms. The Morgan fingerprint density at radius 2 is 2.19 bits per heavy atom. The van der Waals surface area contributed by atoms with Gasteiger partial charge in [0.15, 0.2) is 5.82 Å². The lowest BCUT2D eigenvalue weighted by molar-refractivity contribution is 0.375. The minimum Gasteiger partial charge on any atom is -0.339 e. The molecule has 0 fully saturated rings. The first-order valence-electron chi connectivity index (χ1n) is 5.73. The molecular formula is C11H10BrClFN3O3S. The Hall–Kier alpha value is -1.03. The van der Waals surface area contributed by atoms with Crippen molar-refractivity contribution in [3.63, 3.8) is 0 Å². The maximum atomic E-state index is 13.1. The van der Waals surface area contributed by atoms with Crippen LogP contribution in [0.4, 0.5) is 4.39 Å². The Kier molecular flexibility index (Phi) is 4.97. The van der Waals surface area contributed by atoms with Crippen LogP contribution in [0.15, 0.2) is 26.0 Å². The smallest absolute Gasteiger partial charge is 0.243 e. The van der Waals surface area contributed by atoms with Gasteiger partial charge in [-0.15, -0.1) is 0 Å². The zero-order valence-corrected chi connectivity index (χ0v) is 13.9. The number of hydrogen-bond donors (Lipinski definition) is 1. The standard InChI is InChI=1S/C11H10BrClFN3O3S/c1-6-16-10(20-17-6)2-3-15-21(18,19)11-8(12)4-7(14)5-9(11)13/h4-5,15H,2-3H2,1H3. The largest absolute Gasteiger partial charge is 0.339 e. The Bertz CT molecular complexity index is 743. The molecule has 0 saturated carbocycles. The van der Waals surface area contributed by atoms with Gasteiger partial charge < -0.3 is 4.52 Å². The van der Waals surface area contributed by atoms with Gasteiger partial charge in [0, 0.05) is 17.4 Å². The highest BCUT2D eigenvalue weighted by Crippen LogP contribution is 2.30. The van der Waals surface area contributed by atoms with E-state index in [0.29, 0.717) is 11.7 Å². The molecule has 0 amide bonds. The first-order valence-corrected chi connectivity index (χ1v) is 8.38. The van der Waals surface area contributed by atoms with Crippen molar-refractivity contribution in [2.45, 2.75) is 18.2 Å². The molecule has 1 heterocycles. The lowest BCUT2D eigenvalue weighted by Gasteiger charge is -2.09. The average Bonchev–Trinajstić information content (AvgIpc) is 2.72. The molecule has 0 saturated heterocycles. The molecule has 1 N–H and O–H groups in total. The Labute approximate surface area is 133 Å². The van der Waals surface area contributed by atoms with Crippen molar-refractivity contribution in [3.05, 3.63) is 39.2 Å². The summed E-state index contributed by atoms with van der Waals surface area (Å²) in [4.78, 5) is 3.74. The van der Waals surface area contributed by atoms with Crippen molar-refractivity contribution in [1.29, 1.82) is 0 Å². The van der Waals surface area contributed by atoms with E-state index >= 15 is 0 Å². The monoisotopic (exact) mass is 397 g/mol. The van der Waals surface area contributed by atoms with Gasteiger partial charge >= 0.3 is 0 Å². The summed E-state index contributed by atoms with van der Waals surface area (Å²) in [6, 6.07) is 1.96. The second-order valence-electron chi connectivity index (χ2n) is 4.08. The lowest BCUT2D eigenvalue weighted by Crippen LogP contribution is -2.26. The van der Waals surface area contributed by atoms with Crippen LogP contribution in [0, 0.1) is 12.7 Å². The van der Waals surface area contributed by atoms with E-state index in [1.807, 2.05) is 0 Å². The fraction of sp³-hybridized carbons (Fsp3) is 0.273. The molecule has 10 heteroatoms. The van der Waals surface area contributed by atoms with Gasteiger partial charge in [0.1, 0.15) is 10.7 Å². The number of aromatic nitrogens is 2. The third kappa shape index (κ3) is 4.00. The molecule has 0 unspecified atom stereocenters. The molecule has 21 heavy (non-hydrogen) atoms. The molecule has 0 radical (unpaired) electrons. The number of halogens is 3. The van der Waals surface area contributed by atoms with Crippen LogP contribution < -0.4 is 4.72 Å². The van der Waals surface area contributed by atoms with Crippen molar-refractivity contribution >= 4 is 37.6 Å². The third-order valence-electron chi connectivity index (χ3n) is 2.43. The summed E-state index contributed by atoms with van der Waals surface area (Å²) in [6.45, 7) is 1.71. The predicted molar refractivity (Wildman–Crippen MR) is 77.0 cm³/mol. The molecule has 6 nitrogen and oxygen atoms in total. The predicted octanol–water partition coefficient (Wildman–Crippen LogP) is 2.45. The number of benzene rings is 1. The highest BCUT2D eigenvalue weighted by molar-refractivity contribution is 9.10. The Morgan fingerprint density at radius 3 is 2.76 bits per heavy atom. The summed E-state index contributed by atoms with van der Waals surface area (Å²) in [7, 11) is -3.89. The Balaban J connectivity index is 2.12. The van der Waals surface area contributed by atoms with E-state index < -0.39 is 15.8 Å². The van der Waals surface area contributed by atoms with Crippen LogP contribution in [0.2, 0.25) is 5.02 Å². The van der Waals surface area contributed by atoms with E-state index in [0.717, 1.165) is 12.1 Å². The number of nitrogens with zero attached hydrogens (tertiary/aromatic N) is 2. The summed E-state index contributed by atoms with van der Waals surface area (Å²) >= 11 is 8.78. The Morgan fingerprint density at radius 1 is 1.48 bits per heavy atom. The third-order valence-corrected chi connectivity index (χ3v) is 5.29. The number of sulfonamides is 1. The quantitative estimate of drug-likeness (QED) is 0.836. The summed E-state index contributed by atoms with van der Waals surface area (Å²) in [6.07, 6.45) is 0.233. The van der Waals surface area contributed by atoms with E-state index in [2.05, 4.69) is 30.8 Å². The molecule has 0 aliphatic heterocycles. The summed E-state index contributed by atoms with van der Waals surface area (Å²) < 4.78 is 44.7. The highest BCUT2D eigenvalue weighted by Gasteiger charge is 2.22. The van der Waals surface area contributed by atoms with Crippen LogP contribution in [0.5, 0.6) is 0 Å². The minimum atomic E-state index is -3.89. The molecule has 114 valence electrons. The maximum absolute atomic E-state index is 13.1. The van der Waals surface area contributed by atoms with Gasteiger partial charge in [-0.1, -0.05) is 16.8 Å². The van der Waals surface area contributed by atoms with Gasteiger partial charge in [0.05, 0.1) is 5.02 Å². The van der Waals surface area contributed by atoms with Crippen molar-refractivity contribution in [3.8, 4) is 0 Å². The lowest BCUT2D eigenvalue weighted by atomic mass is 10.3. The normalized spacial score (nSPS) is 11.8. The van der Waals surface area contributed by atoms with E-state index in [-0.39, 0.29) is 27.4 Å². The van der Waals surface area contributed by atoms with E-state index in [4.69, 9.17) is 16.1 Å². The highest BCUT2D eigenvalue weighted by atomic mass is 79.9. The van der Waals surface area contributed by atoms with Gasteiger partial charge in [0.2, 0.25) is 15.9 Å². The molecule has 0 spiro atoms. The number of aryl methyl sites for hydroxylation is 1. The molecule has 2 rings (SSSR count). The van der Waals surface area contributed by atoms with Gasteiger partial charge in [-0.25, -0.2) is 17.5 Å². The van der Waals surface area contributed by atoms with Crippen molar-refractivity contribution in [1.82, 2.24) is 14.9 Å². The average molecular weight is 399 g/mol. The first kappa shape index (κ1) is 16.3. The van der Waals surface area contributed by atoms with Gasteiger partial charge in [-0.05, 0) is 35.0 Å². The fourth-order valence-corrected chi connectivity index (χ4v) is 4.43. The fourth-order valence-electron chi connectivity index (χ4n) is 1.59. The van der Waals surface area contributed by atoms with Crippen molar-refractivity contribution in [2.24, 2.45) is 0 Å². The van der Waals surface area contributed by atoms with Crippen molar-refractivity contribution < 1.29 is 17.3 Å². The van der Waals surface area contributed by atoms with Crippen molar-refractivity contribution in [2.75, 3.05) is 6.54 Å². The van der Waals surface area contributed by atoms with Gasteiger partial charge in [-0.2, -0.15) is 4.98 Å². The number of hydrogen-bond acceptors (Lipinski definition) is 5. The first-order chi connectivity index (χ1) is 9.79. The van der Waals surface area contributed by atoms with E-state index in [1.165, 1.54) is 0 Å². The van der Waals surface area contributed by atoms with Crippen LogP contribution >= 0.6 is 27.5 Å². The molecule has 2 aromatic rings. The van der Waals surface area contributed by atoms with Crippen LogP contribution in [0.3, 0.4) is 0 Å². The SMILES string of the molecule is Cc1noc(CCNS(=O)(=O)c2c(Cl)cc(F)cc2Br)n1. The van der Waals surface area contributed by atoms with E-state index in [9.17, 15) is 12.8 Å². The van der Waals surface area contributed by atoms with Gasteiger partial charge in [-0.3, -0.25) is 0 Å². The molecule has 0 atom stereocenters. The van der Waals surface area contributed by atoms with Crippen LogP contribution in [0.1, 0.15) is 11.7 Å². The summed E-state index contributed by atoms with van der Waals surface area (Å²) in [5.41, 5.74) is 0. The molecule has 1 aromatic heterocycles. The van der Waals surface area contributed by atoms with Crippen LogP contribution in [-0.2, 0) is 16.4 Å². The second kappa shape index (κ2) is 6.39. The number of nitrogens with one attached hydrogen (secondary N) is 1. The molecule has 1 aromatic carbocycles. The molecule has 0 aliphatic carbocycles. The zero-order valence-electron chi connectivity index (χ0n) is 10.7. The molecular weight excluding hydrogens is 389 g/mol. The summed E-state index contributed by atoms with van der Waals surface area (Å²) in [5.74, 6) is 0.156. The van der Waals surface area contributed by atoms with E-state index in [1.54, 1.807) is 6.92 Å². The number of rotatable bonds is 5. The topological polar surface area (TPSA) is 85.1 Å². The van der Waals surface area contributed by atoms with Gasteiger partial charge in [0.25, 0.3) is 0 Å². The minimum absolute atomic E-state index is 0.0457. The summed E-state index contributed by atoms with van der Waals surface area (Å²) in [5, 5.41) is 3.39. The zero-order chi connectivity index (χ0) is 15.6. The molecule has 0 aliphatic rings. The van der Waals surface area contributed by atoms with Crippen LogP contribution in [0.25, 0.3) is 0 Å². The second-order valence-corrected chi connectivity index (χ2v) is 7.05.